The standard InChI is InChI=1S/C19H17FN2O2S/c1-13-12-25-19(22-13)18(23)21-10-14-6-8-16(9-7-14)24-11-15-4-2-3-5-17(15)20/h2-9,12H,10-11H2,1H3,(H,21,23). The van der Waals surface area contributed by atoms with Crippen LogP contribution in [0.1, 0.15) is 26.6 Å². The average Bonchev–Trinajstić information content (AvgIpc) is 3.06. The molecule has 25 heavy (non-hydrogen) atoms. The van der Waals surface area contributed by atoms with Crippen molar-refractivity contribution in [3.05, 3.63) is 81.6 Å². The van der Waals surface area contributed by atoms with Gasteiger partial charge >= 0.3 is 0 Å². The van der Waals surface area contributed by atoms with Crippen molar-refractivity contribution in [3.8, 4) is 5.75 Å². The van der Waals surface area contributed by atoms with E-state index in [9.17, 15) is 9.18 Å². The average molecular weight is 356 g/mol. The first-order valence-corrected chi connectivity index (χ1v) is 8.65. The Morgan fingerprint density at radius 2 is 1.96 bits per heavy atom. The van der Waals surface area contributed by atoms with E-state index in [1.807, 2.05) is 24.4 Å². The maximum atomic E-state index is 13.5. The van der Waals surface area contributed by atoms with Crippen molar-refractivity contribution in [3.63, 3.8) is 0 Å². The molecule has 0 unspecified atom stereocenters. The lowest BCUT2D eigenvalue weighted by atomic mass is 10.2. The van der Waals surface area contributed by atoms with Crippen LogP contribution in [0.5, 0.6) is 5.75 Å². The third-order valence-corrected chi connectivity index (χ3v) is 4.50. The van der Waals surface area contributed by atoms with E-state index < -0.39 is 0 Å². The van der Waals surface area contributed by atoms with E-state index in [0.717, 1.165) is 11.3 Å². The monoisotopic (exact) mass is 356 g/mol. The lowest BCUT2D eigenvalue weighted by molar-refractivity contribution is 0.0950. The molecule has 0 aliphatic rings. The van der Waals surface area contributed by atoms with Gasteiger partial charge in [0.15, 0.2) is 5.01 Å². The Morgan fingerprint density at radius 1 is 1.20 bits per heavy atom. The largest absolute Gasteiger partial charge is 0.489 e. The van der Waals surface area contributed by atoms with Gasteiger partial charge in [0.1, 0.15) is 18.2 Å². The van der Waals surface area contributed by atoms with E-state index >= 15 is 0 Å². The van der Waals surface area contributed by atoms with Crippen molar-refractivity contribution in [2.24, 2.45) is 0 Å². The first kappa shape index (κ1) is 17.1. The van der Waals surface area contributed by atoms with Crippen LogP contribution in [0.15, 0.2) is 53.9 Å². The Morgan fingerprint density at radius 3 is 2.64 bits per heavy atom. The Hall–Kier alpha value is -2.73. The third kappa shape index (κ3) is 4.64. The number of aryl methyl sites for hydroxylation is 1. The highest BCUT2D eigenvalue weighted by Gasteiger charge is 2.09. The molecule has 1 N–H and O–H groups in total. The summed E-state index contributed by atoms with van der Waals surface area (Å²) in [5.74, 6) is 0.186. The summed E-state index contributed by atoms with van der Waals surface area (Å²) in [7, 11) is 0. The highest BCUT2D eigenvalue weighted by molar-refractivity contribution is 7.11. The molecule has 0 saturated carbocycles. The Bertz CT molecular complexity index is 862. The second kappa shape index (κ2) is 7.90. The van der Waals surface area contributed by atoms with Crippen LogP contribution >= 0.6 is 11.3 Å². The van der Waals surface area contributed by atoms with Crippen LogP contribution in [0.3, 0.4) is 0 Å². The van der Waals surface area contributed by atoms with Crippen LogP contribution in [-0.4, -0.2) is 10.9 Å². The molecule has 1 heterocycles. The molecule has 0 saturated heterocycles. The number of aromatic nitrogens is 1. The number of benzene rings is 2. The summed E-state index contributed by atoms with van der Waals surface area (Å²) in [6.07, 6.45) is 0. The number of nitrogens with one attached hydrogen (secondary N) is 1. The molecule has 0 aliphatic heterocycles. The van der Waals surface area contributed by atoms with Gasteiger partial charge in [-0.1, -0.05) is 30.3 Å². The van der Waals surface area contributed by atoms with Gasteiger partial charge in [-0.15, -0.1) is 11.3 Å². The van der Waals surface area contributed by atoms with E-state index in [-0.39, 0.29) is 18.3 Å². The van der Waals surface area contributed by atoms with Gasteiger partial charge < -0.3 is 10.1 Å². The van der Waals surface area contributed by atoms with Crippen LogP contribution in [-0.2, 0) is 13.2 Å². The Labute approximate surface area is 149 Å². The number of amides is 1. The van der Waals surface area contributed by atoms with Gasteiger partial charge in [-0.25, -0.2) is 9.37 Å². The predicted octanol–water partition coefficient (Wildman–Crippen LogP) is 4.10. The smallest absolute Gasteiger partial charge is 0.280 e. The zero-order valence-corrected chi connectivity index (χ0v) is 14.5. The van der Waals surface area contributed by atoms with Crippen molar-refractivity contribution in [2.75, 3.05) is 0 Å². The van der Waals surface area contributed by atoms with Gasteiger partial charge in [0.2, 0.25) is 0 Å². The quantitative estimate of drug-likeness (QED) is 0.723. The predicted molar refractivity (Wildman–Crippen MR) is 95.2 cm³/mol. The fourth-order valence-corrected chi connectivity index (χ4v) is 2.91. The number of halogens is 1. The fraction of sp³-hybridized carbons (Fsp3) is 0.158. The van der Waals surface area contributed by atoms with Gasteiger partial charge in [0, 0.05) is 23.2 Å². The number of carbonyl (C=O) groups excluding carboxylic acids is 1. The highest BCUT2D eigenvalue weighted by atomic mass is 32.1. The molecule has 0 aliphatic carbocycles. The molecule has 3 aromatic rings. The van der Waals surface area contributed by atoms with Gasteiger partial charge in [-0.2, -0.15) is 0 Å². The van der Waals surface area contributed by atoms with Crippen LogP contribution < -0.4 is 10.1 Å². The second-order valence-corrected chi connectivity index (χ2v) is 6.36. The molecule has 0 radical (unpaired) electrons. The van der Waals surface area contributed by atoms with Crippen LogP contribution in [0.4, 0.5) is 4.39 Å². The topological polar surface area (TPSA) is 51.2 Å². The van der Waals surface area contributed by atoms with E-state index in [2.05, 4.69) is 10.3 Å². The normalized spacial score (nSPS) is 10.5. The summed E-state index contributed by atoms with van der Waals surface area (Å²) in [4.78, 5) is 16.1. The number of thiazole rings is 1. The number of nitrogens with zero attached hydrogens (tertiary/aromatic N) is 1. The van der Waals surface area contributed by atoms with Crippen molar-refractivity contribution < 1.29 is 13.9 Å². The summed E-state index contributed by atoms with van der Waals surface area (Å²) in [6.45, 7) is 2.44. The zero-order chi connectivity index (χ0) is 17.6. The van der Waals surface area contributed by atoms with Crippen LogP contribution in [0, 0.1) is 12.7 Å². The maximum Gasteiger partial charge on any atom is 0.280 e. The minimum absolute atomic E-state index is 0.173. The molecule has 2 aromatic carbocycles. The maximum absolute atomic E-state index is 13.5. The summed E-state index contributed by atoms with van der Waals surface area (Å²) in [5, 5.41) is 5.14. The van der Waals surface area contributed by atoms with Gasteiger partial charge in [0.25, 0.3) is 5.91 Å². The van der Waals surface area contributed by atoms with E-state index in [1.165, 1.54) is 17.4 Å². The summed E-state index contributed by atoms with van der Waals surface area (Å²) in [5.41, 5.74) is 2.30. The first-order chi connectivity index (χ1) is 12.1. The Kier molecular flexibility index (Phi) is 5.40. The van der Waals surface area contributed by atoms with E-state index in [1.54, 1.807) is 30.3 Å². The molecule has 1 amide bonds. The molecule has 0 fully saturated rings. The SMILES string of the molecule is Cc1csc(C(=O)NCc2ccc(OCc3ccccc3F)cc2)n1. The molecule has 0 spiro atoms. The molecule has 6 heteroatoms. The minimum atomic E-state index is -0.278. The van der Waals surface area contributed by atoms with Gasteiger partial charge in [-0.05, 0) is 30.7 Å². The summed E-state index contributed by atoms with van der Waals surface area (Å²) < 4.78 is 19.1. The van der Waals surface area contributed by atoms with Gasteiger partial charge in [-0.3, -0.25) is 4.79 Å². The fourth-order valence-electron chi connectivity index (χ4n) is 2.20. The number of hydrogen-bond acceptors (Lipinski definition) is 4. The molecule has 0 bridgehead atoms. The summed E-state index contributed by atoms with van der Waals surface area (Å²) >= 11 is 1.33. The third-order valence-electron chi connectivity index (χ3n) is 3.54. The van der Waals surface area contributed by atoms with Crippen LogP contribution in [0.25, 0.3) is 0 Å². The van der Waals surface area contributed by atoms with E-state index in [4.69, 9.17) is 4.74 Å². The number of carbonyl (C=O) groups is 1. The molecule has 4 nitrogen and oxygen atoms in total. The lowest BCUT2D eigenvalue weighted by Crippen LogP contribution is -2.22. The highest BCUT2D eigenvalue weighted by Crippen LogP contribution is 2.16. The molecular weight excluding hydrogens is 339 g/mol. The number of rotatable bonds is 6. The molecule has 3 rings (SSSR count). The lowest BCUT2D eigenvalue weighted by Gasteiger charge is -2.08. The molecule has 128 valence electrons. The molecule has 0 atom stereocenters. The molecule has 1 aromatic heterocycles. The second-order valence-electron chi connectivity index (χ2n) is 5.50. The Balaban J connectivity index is 1.52. The van der Waals surface area contributed by atoms with Crippen molar-refractivity contribution in [2.45, 2.75) is 20.1 Å². The minimum Gasteiger partial charge on any atom is -0.489 e. The summed E-state index contributed by atoms with van der Waals surface area (Å²) in [6, 6.07) is 13.9. The van der Waals surface area contributed by atoms with E-state index in [0.29, 0.717) is 22.9 Å². The van der Waals surface area contributed by atoms with Crippen molar-refractivity contribution in [1.82, 2.24) is 10.3 Å². The number of ether oxygens (including phenoxy) is 1. The van der Waals surface area contributed by atoms with Crippen molar-refractivity contribution >= 4 is 17.2 Å². The van der Waals surface area contributed by atoms with Gasteiger partial charge in [0.05, 0.1) is 0 Å². The first-order valence-electron chi connectivity index (χ1n) is 7.77. The van der Waals surface area contributed by atoms with Crippen LogP contribution in [0.2, 0.25) is 0 Å². The van der Waals surface area contributed by atoms with Crippen molar-refractivity contribution in [1.29, 1.82) is 0 Å². The number of hydrogen-bond donors (Lipinski definition) is 1. The molecular formula is C19H17FN2O2S. The zero-order valence-electron chi connectivity index (χ0n) is 13.7.